The van der Waals surface area contributed by atoms with Crippen molar-refractivity contribution in [3.05, 3.63) is 12.2 Å². The second-order valence-corrected chi connectivity index (χ2v) is 6.63. The number of aliphatic imine (C=N–C) groups is 1. The third-order valence-corrected chi connectivity index (χ3v) is 4.39. The van der Waals surface area contributed by atoms with Crippen molar-refractivity contribution in [2.24, 2.45) is 4.99 Å². The third-order valence-electron chi connectivity index (χ3n) is 4.39. The van der Waals surface area contributed by atoms with E-state index in [0.29, 0.717) is 12.0 Å². The number of aliphatic hydroxyl groups is 1. The lowest BCUT2D eigenvalue weighted by atomic mass is 10.1. The second kappa shape index (κ2) is 14.2. The first kappa shape index (κ1) is 27.2. The van der Waals surface area contributed by atoms with E-state index in [9.17, 15) is 19.2 Å². The van der Waals surface area contributed by atoms with Gasteiger partial charge in [0.15, 0.2) is 0 Å². The zero-order chi connectivity index (χ0) is 23.3. The topological polar surface area (TPSA) is 152 Å². The highest BCUT2D eigenvalue weighted by atomic mass is 16.3. The van der Waals surface area contributed by atoms with Crippen LogP contribution in [0.4, 0.5) is 0 Å². The van der Waals surface area contributed by atoms with Crippen molar-refractivity contribution < 1.29 is 24.3 Å². The molecule has 0 saturated carbocycles. The first-order valence-electron chi connectivity index (χ1n) is 9.58. The molecule has 0 rings (SSSR count). The van der Waals surface area contributed by atoms with Gasteiger partial charge in [0, 0.05) is 19.8 Å². The molecular weight excluding hydrogens is 392 g/mol. The summed E-state index contributed by atoms with van der Waals surface area (Å²) in [5.41, 5.74) is 1.28. The van der Waals surface area contributed by atoms with Gasteiger partial charge in [-0.3, -0.25) is 24.2 Å². The molecule has 4 amide bonds. The molecule has 2 atom stereocenters. The van der Waals surface area contributed by atoms with Gasteiger partial charge in [-0.05, 0) is 26.0 Å². The van der Waals surface area contributed by atoms with Crippen LogP contribution in [0.25, 0.3) is 0 Å². The fourth-order valence-corrected chi connectivity index (χ4v) is 2.48. The number of rotatable bonds is 13. The Morgan fingerprint density at radius 3 is 2.13 bits per heavy atom. The van der Waals surface area contributed by atoms with Crippen molar-refractivity contribution in [3.8, 4) is 0 Å². The minimum absolute atomic E-state index is 0.273. The molecule has 2 unspecified atom stereocenters. The van der Waals surface area contributed by atoms with E-state index in [1.54, 1.807) is 14.0 Å². The number of likely N-dealkylation sites (N-methyl/N-ethyl adjacent to an activating group) is 2. The van der Waals surface area contributed by atoms with Crippen LogP contribution in [0.15, 0.2) is 17.1 Å². The highest BCUT2D eigenvalue weighted by molar-refractivity contribution is 5.95. The Morgan fingerprint density at radius 2 is 1.67 bits per heavy atom. The van der Waals surface area contributed by atoms with Crippen LogP contribution in [-0.2, 0) is 19.2 Å². The normalized spacial score (nSPS) is 13.1. The maximum Gasteiger partial charge on any atom is 0.247 e. The van der Waals surface area contributed by atoms with E-state index in [1.807, 2.05) is 6.92 Å². The zero-order valence-electron chi connectivity index (χ0n) is 18.4. The average Bonchev–Trinajstić information content (AvgIpc) is 2.71. The number of carbonyl (C=O) groups excluding carboxylic acids is 4. The first-order valence-corrected chi connectivity index (χ1v) is 9.58. The molecule has 0 saturated heterocycles. The van der Waals surface area contributed by atoms with Crippen LogP contribution in [0.1, 0.15) is 20.3 Å². The van der Waals surface area contributed by atoms with E-state index in [0.717, 1.165) is 5.71 Å². The quantitative estimate of drug-likeness (QED) is 0.166. The Kier molecular flexibility index (Phi) is 12.9. The van der Waals surface area contributed by atoms with Gasteiger partial charge in [-0.25, -0.2) is 0 Å². The van der Waals surface area contributed by atoms with Crippen molar-refractivity contribution in [2.75, 3.05) is 47.4 Å². The second-order valence-electron chi connectivity index (χ2n) is 6.63. The van der Waals surface area contributed by atoms with Gasteiger partial charge in [0.2, 0.25) is 23.6 Å². The fourth-order valence-electron chi connectivity index (χ4n) is 2.48. The van der Waals surface area contributed by atoms with Crippen LogP contribution in [0.5, 0.6) is 0 Å². The number of amides is 4. The van der Waals surface area contributed by atoms with Crippen molar-refractivity contribution in [1.82, 2.24) is 26.2 Å². The molecule has 0 heterocycles. The number of nitrogens with one attached hydrogen (secondary N) is 4. The highest BCUT2D eigenvalue weighted by Crippen LogP contribution is 2.07. The number of aliphatic hydroxyl groups excluding tert-OH is 1. The van der Waals surface area contributed by atoms with E-state index in [4.69, 9.17) is 5.11 Å². The Labute approximate surface area is 177 Å². The molecule has 0 aromatic rings. The zero-order valence-corrected chi connectivity index (χ0v) is 18.4. The van der Waals surface area contributed by atoms with Crippen LogP contribution < -0.4 is 21.3 Å². The van der Waals surface area contributed by atoms with Crippen molar-refractivity contribution in [2.45, 2.75) is 32.4 Å². The number of carbonyl (C=O) groups is 4. The third kappa shape index (κ3) is 9.14. The van der Waals surface area contributed by atoms with Crippen molar-refractivity contribution in [3.63, 3.8) is 0 Å². The Hall–Kier alpha value is -2.79. The van der Waals surface area contributed by atoms with Gasteiger partial charge in [0.1, 0.15) is 12.1 Å². The lowest BCUT2D eigenvalue weighted by Gasteiger charge is -2.28. The van der Waals surface area contributed by atoms with Crippen LogP contribution in [0.2, 0.25) is 0 Å². The maximum atomic E-state index is 12.5. The molecule has 0 aliphatic carbocycles. The predicted molar refractivity (Wildman–Crippen MR) is 114 cm³/mol. The van der Waals surface area contributed by atoms with Gasteiger partial charge >= 0.3 is 0 Å². The summed E-state index contributed by atoms with van der Waals surface area (Å²) in [6, 6.07) is -1.73. The van der Waals surface area contributed by atoms with Gasteiger partial charge < -0.3 is 31.3 Å². The largest absolute Gasteiger partial charge is 0.394 e. The molecule has 170 valence electrons. The summed E-state index contributed by atoms with van der Waals surface area (Å²) in [4.78, 5) is 53.8. The highest BCUT2D eigenvalue weighted by Gasteiger charge is 2.27. The Balaban J connectivity index is 4.72. The molecule has 0 aliphatic rings. The lowest BCUT2D eigenvalue weighted by Crippen LogP contribution is -2.52. The molecule has 0 bridgehead atoms. The Bertz CT molecular complexity index is 660. The summed E-state index contributed by atoms with van der Waals surface area (Å²) in [5, 5.41) is 19.1. The van der Waals surface area contributed by atoms with E-state index in [1.165, 1.54) is 19.0 Å². The van der Waals surface area contributed by atoms with Crippen LogP contribution in [0.3, 0.4) is 0 Å². The molecule has 0 fully saturated rings. The monoisotopic (exact) mass is 426 g/mol. The SMILES string of the molecule is C=C(C)C(C(=O)NCC(CC)=NC)N(C)C(=O)CNC(=O)CNC(=O)C(CO)NC. The van der Waals surface area contributed by atoms with Gasteiger partial charge in [0.25, 0.3) is 0 Å². The van der Waals surface area contributed by atoms with Crippen molar-refractivity contribution in [1.29, 1.82) is 0 Å². The van der Waals surface area contributed by atoms with Gasteiger partial charge in [-0.15, -0.1) is 0 Å². The molecular formula is C19H34N6O5. The number of hydrogen-bond acceptors (Lipinski definition) is 7. The predicted octanol–water partition coefficient (Wildman–Crippen LogP) is -2.20. The Morgan fingerprint density at radius 1 is 1.07 bits per heavy atom. The summed E-state index contributed by atoms with van der Waals surface area (Å²) in [5.74, 6) is -2.02. The van der Waals surface area contributed by atoms with E-state index >= 15 is 0 Å². The minimum atomic E-state index is -0.898. The standard InChI is InChI=1S/C19H34N6O5/c1-7-13(20-4)8-23-19(30)17(12(2)3)25(6)16(28)10-22-15(27)9-24-18(29)14(11-26)21-5/h14,17,21,26H,2,7-11H2,1,3-6H3,(H,22,27)(H,23,30)(H,24,29). The molecule has 11 nitrogen and oxygen atoms in total. The summed E-state index contributed by atoms with van der Waals surface area (Å²) in [6.07, 6.45) is 0.694. The molecule has 5 N–H and O–H groups in total. The minimum Gasteiger partial charge on any atom is -0.394 e. The molecule has 0 aliphatic heterocycles. The van der Waals surface area contributed by atoms with E-state index < -0.39 is 42.3 Å². The van der Waals surface area contributed by atoms with Crippen molar-refractivity contribution >= 4 is 29.3 Å². The van der Waals surface area contributed by atoms with E-state index in [-0.39, 0.29) is 19.6 Å². The molecule has 11 heteroatoms. The summed E-state index contributed by atoms with van der Waals surface area (Å²) in [7, 11) is 4.59. The fraction of sp³-hybridized carbons (Fsp3) is 0.632. The smallest absolute Gasteiger partial charge is 0.247 e. The summed E-state index contributed by atoms with van der Waals surface area (Å²) < 4.78 is 0. The average molecular weight is 427 g/mol. The van der Waals surface area contributed by atoms with Gasteiger partial charge in [0.05, 0.1) is 26.2 Å². The van der Waals surface area contributed by atoms with Crippen LogP contribution in [-0.4, -0.2) is 98.8 Å². The van der Waals surface area contributed by atoms with Crippen LogP contribution in [0, 0.1) is 0 Å². The van der Waals surface area contributed by atoms with Gasteiger partial charge in [-0.2, -0.15) is 0 Å². The molecule has 0 aromatic heterocycles. The number of nitrogens with zero attached hydrogens (tertiary/aromatic N) is 2. The summed E-state index contributed by atoms with van der Waals surface area (Å²) in [6.45, 7) is 6.49. The molecule has 0 aromatic carbocycles. The number of hydrogen-bond donors (Lipinski definition) is 5. The van der Waals surface area contributed by atoms with Gasteiger partial charge in [-0.1, -0.05) is 13.5 Å². The lowest BCUT2D eigenvalue weighted by molar-refractivity contribution is -0.137. The summed E-state index contributed by atoms with van der Waals surface area (Å²) >= 11 is 0. The molecule has 0 spiro atoms. The molecule has 0 radical (unpaired) electrons. The first-order chi connectivity index (χ1) is 14.1. The van der Waals surface area contributed by atoms with Crippen LogP contribution >= 0.6 is 0 Å². The van der Waals surface area contributed by atoms with E-state index in [2.05, 4.69) is 32.8 Å². The molecule has 30 heavy (non-hydrogen) atoms. The maximum absolute atomic E-state index is 12.5.